The van der Waals surface area contributed by atoms with Gasteiger partial charge in [0.25, 0.3) is 5.91 Å². The van der Waals surface area contributed by atoms with Gasteiger partial charge in [-0.05, 0) is 43.3 Å². The van der Waals surface area contributed by atoms with Crippen LogP contribution in [0.1, 0.15) is 5.56 Å². The Kier molecular flexibility index (Phi) is 8.02. The lowest BCUT2D eigenvalue weighted by Gasteiger charge is -2.17. The van der Waals surface area contributed by atoms with Crippen LogP contribution in [0, 0.1) is 6.92 Å². The molecule has 154 valence electrons. The van der Waals surface area contributed by atoms with E-state index in [9.17, 15) is 14.4 Å². The van der Waals surface area contributed by atoms with Crippen LogP contribution in [0.15, 0.2) is 48.5 Å². The van der Waals surface area contributed by atoms with Crippen LogP contribution in [0.4, 0.5) is 5.69 Å². The van der Waals surface area contributed by atoms with Crippen LogP contribution >= 0.6 is 0 Å². The first-order valence-corrected chi connectivity index (χ1v) is 8.90. The van der Waals surface area contributed by atoms with E-state index >= 15 is 0 Å². The molecule has 0 saturated heterocycles. The maximum absolute atomic E-state index is 12.0. The minimum Gasteiger partial charge on any atom is -0.497 e. The number of methoxy groups -OCH3 is 1. The summed E-state index contributed by atoms with van der Waals surface area (Å²) in [7, 11) is 3.01. The van der Waals surface area contributed by atoms with E-state index in [-0.39, 0.29) is 19.1 Å². The molecular formula is C21H24N2O6. The molecule has 0 spiro atoms. The Morgan fingerprint density at radius 2 is 1.55 bits per heavy atom. The summed E-state index contributed by atoms with van der Waals surface area (Å²) in [6.07, 6.45) is 0. The third-order valence-electron chi connectivity index (χ3n) is 3.91. The molecule has 0 aliphatic rings. The van der Waals surface area contributed by atoms with Crippen molar-refractivity contribution < 1.29 is 28.6 Å². The van der Waals surface area contributed by atoms with Crippen LogP contribution in [0.25, 0.3) is 0 Å². The predicted molar refractivity (Wildman–Crippen MR) is 107 cm³/mol. The Labute approximate surface area is 169 Å². The predicted octanol–water partition coefficient (Wildman–Crippen LogP) is 2.02. The molecule has 29 heavy (non-hydrogen) atoms. The zero-order chi connectivity index (χ0) is 21.2. The van der Waals surface area contributed by atoms with E-state index in [0.717, 1.165) is 5.56 Å². The van der Waals surface area contributed by atoms with E-state index in [4.69, 9.17) is 14.2 Å². The first-order chi connectivity index (χ1) is 13.9. The lowest BCUT2D eigenvalue weighted by molar-refractivity contribution is -0.153. The van der Waals surface area contributed by atoms with Gasteiger partial charge in [-0.15, -0.1) is 0 Å². The lowest BCUT2D eigenvalue weighted by Crippen LogP contribution is -2.37. The minimum atomic E-state index is -0.688. The molecule has 0 aliphatic heterocycles. The monoisotopic (exact) mass is 400 g/mol. The van der Waals surface area contributed by atoms with Gasteiger partial charge in [-0.1, -0.05) is 17.7 Å². The van der Waals surface area contributed by atoms with Crippen LogP contribution in [0.3, 0.4) is 0 Å². The number of likely N-dealkylation sites (N-methyl/N-ethyl adjacent to an activating group) is 1. The third-order valence-corrected chi connectivity index (χ3v) is 3.91. The third kappa shape index (κ3) is 7.53. The van der Waals surface area contributed by atoms with Crippen molar-refractivity contribution in [2.75, 3.05) is 39.2 Å². The van der Waals surface area contributed by atoms with Gasteiger partial charge in [-0.2, -0.15) is 0 Å². The lowest BCUT2D eigenvalue weighted by atomic mass is 10.2. The SMILES string of the molecule is COc1ccc(OCC(=O)OCC(=O)N(C)CC(=O)Nc2ccc(C)cc2)cc1. The first kappa shape index (κ1) is 21.7. The standard InChI is InChI=1S/C21H24N2O6/c1-15-4-6-16(7-5-15)22-19(24)12-23(2)20(25)13-29-21(26)14-28-18-10-8-17(27-3)9-11-18/h4-11H,12-14H2,1-3H3,(H,22,24). The summed E-state index contributed by atoms with van der Waals surface area (Å²) in [6.45, 7) is 0.977. The number of carbonyl (C=O) groups excluding carboxylic acids is 3. The normalized spacial score (nSPS) is 10.0. The number of esters is 1. The van der Waals surface area contributed by atoms with Crippen molar-refractivity contribution in [2.24, 2.45) is 0 Å². The van der Waals surface area contributed by atoms with Gasteiger partial charge in [0, 0.05) is 12.7 Å². The summed E-state index contributed by atoms with van der Waals surface area (Å²) >= 11 is 0. The molecule has 2 aromatic rings. The summed E-state index contributed by atoms with van der Waals surface area (Å²) in [6, 6.07) is 14.0. The Bertz CT molecular complexity index is 833. The summed E-state index contributed by atoms with van der Waals surface area (Å²) < 4.78 is 15.2. The van der Waals surface area contributed by atoms with Crippen LogP contribution in [0.5, 0.6) is 11.5 Å². The van der Waals surface area contributed by atoms with Gasteiger partial charge < -0.3 is 24.4 Å². The van der Waals surface area contributed by atoms with Gasteiger partial charge in [0.1, 0.15) is 11.5 Å². The highest BCUT2D eigenvalue weighted by Gasteiger charge is 2.15. The fourth-order valence-electron chi connectivity index (χ4n) is 2.25. The molecule has 2 amide bonds. The van der Waals surface area contributed by atoms with Crippen LogP contribution in [0.2, 0.25) is 0 Å². The van der Waals surface area contributed by atoms with E-state index in [2.05, 4.69) is 5.32 Å². The number of amides is 2. The molecule has 1 N–H and O–H groups in total. The molecule has 0 radical (unpaired) electrons. The van der Waals surface area contributed by atoms with Crippen molar-refractivity contribution in [1.29, 1.82) is 0 Å². The molecule has 2 rings (SSSR count). The molecule has 0 atom stereocenters. The summed E-state index contributed by atoms with van der Waals surface area (Å²) in [5.41, 5.74) is 1.72. The number of hydrogen-bond donors (Lipinski definition) is 1. The average Bonchev–Trinajstić information content (AvgIpc) is 2.72. The number of carbonyl (C=O) groups is 3. The van der Waals surface area contributed by atoms with Gasteiger partial charge in [0.2, 0.25) is 5.91 Å². The van der Waals surface area contributed by atoms with Crippen molar-refractivity contribution >= 4 is 23.5 Å². The number of nitrogens with one attached hydrogen (secondary N) is 1. The number of aryl methyl sites for hydroxylation is 1. The quantitative estimate of drug-likeness (QED) is 0.648. The van der Waals surface area contributed by atoms with Crippen molar-refractivity contribution in [2.45, 2.75) is 6.92 Å². The Morgan fingerprint density at radius 1 is 0.931 bits per heavy atom. The molecule has 0 unspecified atom stereocenters. The Balaban J connectivity index is 1.69. The molecule has 0 aliphatic carbocycles. The summed E-state index contributed by atoms with van der Waals surface area (Å²) in [5.74, 6) is -0.397. The number of nitrogens with zero attached hydrogens (tertiary/aromatic N) is 1. The van der Waals surface area contributed by atoms with Gasteiger partial charge in [-0.25, -0.2) is 4.79 Å². The van der Waals surface area contributed by atoms with Crippen molar-refractivity contribution in [3.8, 4) is 11.5 Å². The van der Waals surface area contributed by atoms with E-state index < -0.39 is 18.5 Å². The second-order valence-electron chi connectivity index (χ2n) is 6.29. The average molecular weight is 400 g/mol. The highest BCUT2D eigenvalue weighted by Crippen LogP contribution is 2.16. The van der Waals surface area contributed by atoms with E-state index in [1.165, 1.54) is 11.9 Å². The maximum atomic E-state index is 12.0. The molecule has 8 heteroatoms. The summed E-state index contributed by atoms with van der Waals surface area (Å²) in [5, 5.41) is 2.70. The van der Waals surface area contributed by atoms with Gasteiger partial charge in [0.05, 0.1) is 13.7 Å². The largest absolute Gasteiger partial charge is 0.497 e. The zero-order valence-corrected chi connectivity index (χ0v) is 16.6. The second-order valence-corrected chi connectivity index (χ2v) is 6.29. The zero-order valence-electron chi connectivity index (χ0n) is 16.6. The molecule has 0 aromatic heterocycles. The van der Waals surface area contributed by atoms with Crippen molar-refractivity contribution in [3.05, 3.63) is 54.1 Å². The van der Waals surface area contributed by atoms with Crippen LogP contribution in [-0.2, 0) is 19.1 Å². The first-order valence-electron chi connectivity index (χ1n) is 8.90. The molecule has 8 nitrogen and oxygen atoms in total. The molecule has 0 bridgehead atoms. The van der Waals surface area contributed by atoms with Gasteiger partial charge in [0.15, 0.2) is 13.2 Å². The van der Waals surface area contributed by atoms with E-state index in [1.807, 2.05) is 19.1 Å². The van der Waals surface area contributed by atoms with E-state index in [1.54, 1.807) is 43.5 Å². The Morgan fingerprint density at radius 3 is 2.17 bits per heavy atom. The molecule has 0 saturated carbocycles. The number of rotatable bonds is 9. The van der Waals surface area contributed by atoms with Gasteiger partial charge in [-0.3, -0.25) is 9.59 Å². The maximum Gasteiger partial charge on any atom is 0.344 e. The van der Waals surface area contributed by atoms with Crippen molar-refractivity contribution in [3.63, 3.8) is 0 Å². The van der Waals surface area contributed by atoms with Crippen molar-refractivity contribution in [1.82, 2.24) is 4.90 Å². The molecule has 0 heterocycles. The smallest absolute Gasteiger partial charge is 0.344 e. The Hall–Kier alpha value is -3.55. The highest BCUT2D eigenvalue weighted by atomic mass is 16.6. The van der Waals surface area contributed by atoms with Crippen LogP contribution < -0.4 is 14.8 Å². The highest BCUT2D eigenvalue weighted by molar-refractivity contribution is 5.94. The van der Waals surface area contributed by atoms with Gasteiger partial charge >= 0.3 is 5.97 Å². The number of benzene rings is 2. The molecular weight excluding hydrogens is 376 g/mol. The number of hydrogen-bond acceptors (Lipinski definition) is 6. The van der Waals surface area contributed by atoms with Crippen LogP contribution in [-0.4, -0.2) is 56.6 Å². The topological polar surface area (TPSA) is 94.2 Å². The number of ether oxygens (including phenoxy) is 3. The summed E-state index contributed by atoms with van der Waals surface area (Å²) in [4.78, 5) is 37.0. The fourth-order valence-corrected chi connectivity index (χ4v) is 2.25. The molecule has 0 fully saturated rings. The second kappa shape index (κ2) is 10.7. The minimum absolute atomic E-state index is 0.160. The molecule has 2 aromatic carbocycles. The number of anilines is 1. The van der Waals surface area contributed by atoms with E-state index in [0.29, 0.717) is 17.2 Å². The fraction of sp³-hybridized carbons (Fsp3) is 0.286.